The maximum atomic E-state index is 14.3. The van der Waals surface area contributed by atoms with Crippen LogP contribution in [0.15, 0.2) is 18.2 Å². The second kappa shape index (κ2) is 9.74. The lowest BCUT2D eigenvalue weighted by Crippen LogP contribution is -2.29. The van der Waals surface area contributed by atoms with Crippen molar-refractivity contribution in [3.8, 4) is 5.75 Å². The van der Waals surface area contributed by atoms with Crippen molar-refractivity contribution in [2.75, 3.05) is 33.8 Å². The molecule has 0 radical (unpaired) electrons. The Bertz CT molecular complexity index is 412. The third-order valence-corrected chi connectivity index (χ3v) is 3.63. The number of halogens is 1. The maximum absolute atomic E-state index is 14.3. The van der Waals surface area contributed by atoms with Crippen molar-refractivity contribution in [2.24, 2.45) is 0 Å². The zero-order chi connectivity index (χ0) is 15.7. The minimum absolute atomic E-state index is 0.0135. The fourth-order valence-electron chi connectivity index (χ4n) is 2.54. The highest BCUT2D eigenvalue weighted by atomic mass is 19.1. The zero-order valence-corrected chi connectivity index (χ0v) is 13.8. The van der Waals surface area contributed by atoms with E-state index in [0.717, 1.165) is 38.9 Å². The van der Waals surface area contributed by atoms with Crippen LogP contribution in [-0.2, 0) is 0 Å². The molecule has 21 heavy (non-hydrogen) atoms. The second-order valence-corrected chi connectivity index (χ2v) is 5.45. The third kappa shape index (κ3) is 5.64. The highest BCUT2D eigenvalue weighted by Gasteiger charge is 2.20. The molecule has 0 aromatic heterocycles. The van der Waals surface area contributed by atoms with Crippen LogP contribution in [0.3, 0.4) is 0 Å². The predicted octanol–water partition coefficient (Wildman–Crippen LogP) is 3.61. The van der Waals surface area contributed by atoms with Crippen molar-refractivity contribution in [2.45, 2.75) is 39.2 Å². The van der Waals surface area contributed by atoms with Gasteiger partial charge in [0, 0.05) is 11.6 Å². The first kappa shape index (κ1) is 17.9. The molecule has 0 amide bonds. The number of nitrogens with one attached hydrogen (secondary N) is 1. The Morgan fingerprint density at radius 3 is 2.62 bits per heavy atom. The van der Waals surface area contributed by atoms with Gasteiger partial charge in [-0.05, 0) is 58.1 Å². The van der Waals surface area contributed by atoms with Crippen LogP contribution < -0.4 is 10.1 Å². The first-order valence-electron chi connectivity index (χ1n) is 7.88. The largest absolute Gasteiger partial charge is 0.496 e. The normalized spacial score (nSPS) is 12.7. The van der Waals surface area contributed by atoms with Gasteiger partial charge < -0.3 is 15.0 Å². The number of ether oxygens (including phenoxy) is 1. The molecular weight excluding hydrogens is 267 g/mol. The molecule has 1 rings (SSSR count). The van der Waals surface area contributed by atoms with Gasteiger partial charge in [-0.15, -0.1) is 0 Å². The fraction of sp³-hybridized carbons (Fsp3) is 0.647. The number of benzene rings is 1. The number of methoxy groups -OCH3 is 1. The SMILES string of the molecule is CCCNC(CCN(C)CCC)c1c(F)cccc1OC. The van der Waals surface area contributed by atoms with Gasteiger partial charge in [0.05, 0.1) is 7.11 Å². The van der Waals surface area contributed by atoms with Crippen LogP contribution in [0.25, 0.3) is 0 Å². The summed E-state index contributed by atoms with van der Waals surface area (Å²) < 4.78 is 19.6. The topological polar surface area (TPSA) is 24.5 Å². The quantitative estimate of drug-likeness (QED) is 0.714. The first-order valence-corrected chi connectivity index (χ1v) is 7.88. The Balaban J connectivity index is 2.86. The Kier molecular flexibility index (Phi) is 8.31. The predicted molar refractivity (Wildman–Crippen MR) is 86.4 cm³/mol. The summed E-state index contributed by atoms with van der Waals surface area (Å²) in [4.78, 5) is 2.29. The van der Waals surface area contributed by atoms with E-state index in [9.17, 15) is 4.39 Å². The van der Waals surface area contributed by atoms with Gasteiger partial charge in [-0.3, -0.25) is 0 Å². The maximum Gasteiger partial charge on any atom is 0.131 e. The summed E-state index contributed by atoms with van der Waals surface area (Å²) in [5.41, 5.74) is 0.651. The van der Waals surface area contributed by atoms with Gasteiger partial charge in [-0.2, -0.15) is 0 Å². The van der Waals surface area contributed by atoms with Crippen molar-refractivity contribution < 1.29 is 9.13 Å². The van der Waals surface area contributed by atoms with E-state index in [1.54, 1.807) is 13.2 Å². The second-order valence-electron chi connectivity index (χ2n) is 5.45. The van der Waals surface area contributed by atoms with Crippen LogP contribution in [0, 0.1) is 5.82 Å². The van der Waals surface area contributed by atoms with Crippen molar-refractivity contribution in [3.05, 3.63) is 29.6 Å². The molecule has 0 bridgehead atoms. The van der Waals surface area contributed by atoms with Crippen LogP contribution in [0.1, 0.15) is 44.7 Å². The van der Waals surface area contributed by atoms with E-state index in [2.05, 4.69) is 31.1 Å². The highest BCUT2D eigenvalue weighted by molar-refractivity contribution is 5.37. The number of hydrogen-bond acceptors (Lipinski definition) is 3. The molecule has 1 atom stereocenters. The molecule has 0 heterocycles. The molecular formula is C17H29FN2O. The zero-order valence-electron chi connectivity index (χ0n) is 13.8. The monoisotopic (exact) mass is 296 g/mol. The van der Waals surface area contributed by atoms with E-state index in [0.29, 0.717) is 11.3 Å². The van der Waals surface area contributed by atoms with Crippen LogP contribution in [0.4, 0.5) is 4.39 Å². The molecule has 1 aromatic rings. The van der Waals surface area contributed by atoms with Crippen LogP contribution in [-0.4, -0.2) is 38.7 Å². The lowest BCUT2D eigenvalue weighted by atomic mass is 10.0. The summed E-state index contributed by atoms with van der Waals surface area (Å²) in [6.07, 6.45) is 3.03. The molecule has 1 unspecified atom stereocenters. The minimum Gasteiger partial charge on any atom is -0.496 e. The van der Waals surface area contributed by atoms with E-state index in [1.165, 1.54) is 6.07 Å². The van der Waals surface area contributed by atoms with E-state index in [1.807, 2.05) is 6.07 Å². The molecule has 0 aliphatic carbocycles. The third-order valence-electron chi connectivity index (χ3n) is 3.63. The average molecular weight is 296 g/mol. The Hall–Kier alpha value is -1.13. The van der Waals surface area contributed by atoms with Crippen LogP contribution >= 0.6 is 0 Å². The van der Waals surface area contributed by atoms with Crippen molar-refractivity contribution in [1.82, 2.24) is 10.2 Å². The molecule has 0 spiro atoms. The van der Waals surface area contributed by atoms with Gasteiger partial charge in [-0.1, -0.05) is 19.9 Å². The molecule has 0 aliphatic rings. The van der Waals surface area contributed by atoms with E-state index >= 15 is 0 Å². The molecule has 0 saturated heterocycles. The summed E-state index contributed by atoms with van der Waals surface area (Å²) in [5, 5.41) is 3.45. The standard InChI is InChI=1S/C17H29FN2O/c1-5-11-19-15(10-13-20(3)12-6-2)17-14(18)8-7-9-16(17)21-4/h7-9,15,19H,5-6,10-13H2,1-4H3. The molecule has 0 saturated carbocycles. The number of rotatable bonds is 10. The van der Waals surface area contributed by atoms with Gasteiger partial charge in [0.1, 0.15) is 11.6 Å². The van der Waals surface area contributed by atoms with Gasteiger partial charge >= 0.3 is 0 Å². The van der Waals surface area contributed by atoms with E-state index in [4.69, 9.17) is 4.74 Å². The van der Waals surface area contributed by atoms with Gasteiger partial charge in [0.2, 0.25) is 0 Å². The molecule has 3 nitrogen and oxygen atoms in total. The highest BCUT2D eigenvalue weighted by Crippen LogP contribution is 2.30. The number of hydrogen-bond donors (Lipinski definition) is 1. The Morgan fingerprint density at radius 1 is 1.24 bits per heavy atom. The van der Waals surface area contributed by atoms with Crippen molar-refractivity contribution in [1.29, 1.82) is 0 Å². The molecule has 4 heteroatoms. The lowest BCUT2D eigenvalue weighted by Gasteiger charge is -2.24. The Morgan fingerprint density at radius 2 is 2.00 bits per heavy atom. The van der Waals surface area contributed by atoms with Crippen molar-refractivity contribution >= 4 is 0 Å². The van der Waals surface area contributed by atoms with E-state index in [-0.39, 0.29) is 11.9 Å². The lowest BCUT2D eigenvalue weighted by molar-refractivity contribution is 0.301. The Labute approximate surface area is 128 Å². The van der Waals surface area contributed by atoms with Crippen LogP contribution in [0.5, 0.6) is 5.75 Å². The van der Waals surface area contributed by atoms with Gasteiger partial charge in [0.15, 0.2) is 0 Å². The number of nitrogens with zero attached hydrogens (tertiary/aromatic N) is 1. The minimum atomic E-state index is -0.193. The summed E-state index contributed by atoms with van der Waals surface area (Å²) >= 11 is 0. The fourth-order valence-corrected chi connectivity index (χ4v) is 2.54. The summed E-state index contributed by atoms with van der Waals surface area (Å²) in [5.74, 6) is 0.433. The molecule has 0 aliphatic heterocycles. The summed E-state index contributed by atoms with van der Waals surface area (Å²) in [6, 6.07) is 5.02. The van der Waals surface area contributed by atoms with E-state index < -0.39 is 0 Å². The summed E-state index contributed by atoms with van der Waals surface area (Å²) in [6.45, 7) is 7.16. The van der Waals surface area contributed by atoms with Gasteiger partial charge in [-0.25, -0.2) is 4.39 Å². The molecule has 120 valence electrons. The molecule has 0 fully saturated rings. The smallest absolute Gasteiger partial charge is 0.131 e. The molecule has 1 N–H and O–H groups in total. The summed E-state index contributed by atoms with van der Waals surface area (Å²) in [7, 11) is 3.71. The first-order chi connectivity index (χ1) is 10.1. The average Bonchev–Trinajstić information content (AvgIpc) is 2.48. The van der Waals surface area contributed by atoms with Gasteiger partial charge in [0.25, 0.3) is 0 Å². The molecule has 1 aromatic carbocycles. The van der Waals surface area contributed by atoms with Crippen molar-refractivity contribution in [3.63, 3.8) is 0 Å². The van der Waals surface area contributed by atoms with Crippen LogP contribution in [0.2, 0.25) is 0 Å².